The minimum atomic E-state index is -0.595. The van der Waals surface area contributed by atoms with Crippen LogP contribution in [-0.4, -0.2) is 55.6 Å². The molecule has 1 N–H and O–H groups in total. The highest BCUT2D eigenvalue weighted by Crippen LogP contribution is 2.35. The predicted octanol–water partition coefficient (Wildman–Crippen LogP) is 2.49. The van der Waals surface area contributed by atoms with Gasteiger partial charge in [-0.1, -0.05) is 6.07 Å². The van der Waals surface area contributed by atoms with Crippen molar-refractivity contribution in [3.63, 3.8) is 0 Å². The second-order valence-electron chi connectivity index (χ2n) is 6.91. The van der Waals surface area contributed by atoms with Crippen LogP contribution in [0, 0.1) is 0 Å². The van der Waals surface area contributed by atoms with Gasteiger partial charge >= 0.3 is 6.03 Å². The van der Waals surface area contributed by atoms with E-state index in [0.717, 1.165) is 0 Å². The summed E-state index contributed by atoms with van der Waals surface area (Å²) in [6.07, 6.45) is 0.987. The maximum absolute atomic E-state index is 13.1. The van der Waals surface area contributed by atoms with Crippen molar-refractivity contribution in [3.8, 4) is 11.5 Å². The van der Waals surface area contributed by atoms with Crippen LogP contribution in [0.1, 0.15) is 22.5 Å². The molecule has 2 aliphatic heterocycles. The average Bonchev–Trinajstić information content (AvgIpc) is 3.35. The Kier molecular flexibility index (Phi) is 5.14. The minimum absolute atomic E-state index is 0.149. The fourth-order valence-electron chi connectivity index (χ4n) is 3.75. The molecule has 9 heteroatoms. The zero-order valence-electron chi connectivity index (χ0n) is 16.1. The Hall–Kier alpha value is -3.07. The Morgan fingerprint density at radius 2 is 1.90 bits per heavy atom. The van der Waals surface area contributed by atoms with Crippen LogP contribution >= 0.6 is 11.3 Å². The molecule has 1 aromatic heterocycles. The molecule has 152 valence electrons. The first-order valence-electron chi connectivity index (χ1n) is 9.24. The number of benzene rings is 1. The molecule has 0 saturated carbocycles. The Morgan fingerprint density at radius 3 is 2.52 bits per heavy atom. The van der Waals surface area contributed by atoms with Crippen LogP contribution in [0.5, 0.6) is 11.5 Å². The lowest BCUT2D eigenvalue weighted by Crippen LogP contribution is -2.49. The van der Waals surface area contributed by atoms with Gasteiger partial charge in [0.2, 0.25) is 0 Å². The van der Waals surface area contributed by atoms with E-state index in [9.17, 15) is 14.4 Å². The van der Waals surface area contributed by atoms with E-state index in [1.54, 1.807) is 29.2 Å². The van der Waals surface area contributed by atoms with E-state index in [4.69, 9.17) is 9.47 Å². The fourth-order valence-corrected chi connectivity index (χ4v) is 4.38. The summed E-state index contributed by atoms with van der Waals surface area (Å²) in [6.45, 7) is 0.405. The number of hydrogen-bond acceptors (Lipinski definition) is 6. The summed E-state index contributed by atoms with van der Waals surface area (Å²) >= 11 is 1.37. The number of carbonyl (C=O) groups is 3. The van der Waals surface area contributed by atoms with Gasteiger partial charge in [-0.3, -0.25) is 9.59 Å². The third-order valence-corrected chi connectivity index (χ3v) is 6.09. The van der Waals surface area contributed by atoms with E-state index >= 15 is 0 Å². The molecule has 2 aliphatic rings. The molecule has 0 spiro atoms. The molecular weight excluding hydrogens is 394 g/mol. The van der Waals surface area contributed by atoms with Gasteiger partial charge in [0, 0.05) is 30.8 Å². The Balaban J connectivity index is 1.53. The molecule has 4 amide bonds. The summed E-state index contributed by atoms with van der Waals surface area (Å²) in [5.74, 6) is 0.529. The van der Waals surface area contributed by atoms with E-state index in [2.05, 4.69) is 5.32 Å². The van der Waals surface area contributed by atoms with Gasteiger partial charge in [-0.25, -0.2) is 9.69 Å². The number of thiophene rings is 1. The molecule has 4 rings (SSSR count). The number of amides is 4. The minimum Gasteiger partial charge on any atom is -0.497 e. The number of anilines is 1. The number of nitrogens with zero attached hydrogens (tertiary/aromatic N) is 2. The summed E-state index contributed by atoms with van der Waals surface area (Å²) < 4.78 is 10.5. The largest absolute Gasteiger partial charge is 0.497 e. The number of methoxy groups -OCH3 is 2. The summed E-state index contributed by atoms with van der Waals surface area (Å²) in [7, 11) is 3.02. The van der Waals surface area contributed by atoms with E-state index in [0.29, 0.717) is 41.4 Å². The van der Waals surface area contributed by atoms with Crippen molar-refractivity contribution in [2.75, 3.05) is 25.7 Å². The van der Waals surface area contributed by atoms with Crippen molar-refractivity contribution in [1.29, 1.82) is 0 Å². The average molecular weight is 415 g/mol. The first kappa shape index (κ1) is 19.3. The molecular formula is C20H21N3O5S. The highest BCUT2D eigenvalue weighted by atomic mass is 32.1. The fraction of sp³-hybridized carbons (Fsp3) is 0.350. The summed E-state index contributed by atoms with van der Waals surface area (Å²) in [4.78, 5) is 41.7. The molecule has 3 heterocycles. The highest BCUT2D eigenvalue weighted by Gasteiger charge is 2.49. The highest BCUT2D eigenvalue weighted by molar-refractivity contribution is 7.12. The Labute approximate surface area is 172 Å². The number of nitrogens with one attached hydrogen (secondary N) is 1. The van der Waals surface area contributed by atoms with Crippen LogP contribution in [0.3, 0.4) is 0 Å². The van der Waals surface area contributed by atoms with Crippen LogP contribution in [0.2, 0.25) is 0 Å². The topological polar surface area (TPSA) is 88.2 Å². The number of rotatable bonds is 5. The monoisotopic (exact) mass is 415 g/mol. The quantitative estimate of drug-likeness (QED) is 0.758. The lowest BCUT2D eigenvalue weighted by atomic mass is 9.98. The van der Waals surface area contributed by atoms with E-state index < -0.39 is 6.04 Å². The van der Waals surface area contributed by atoms with Gasteiger partial charge in [0.05, 0.1) is 24.8 Å². The van der Waals surface area contributed by atoms with Crippen LogP contribution in [0.25, 0.3) is 0 Å². The van der Waals surface area contributed by atoms with Gasteiger partial charge in [0.25, 0.3) is 11.8 Å². The van der Waals surface area contributed by atoms with Gasteiger partial charge in [0.15, 0.2) is 0 Å². The normalized spacial score (nSPS) is 21.2. The molecule has 0 bridgehead atoms. The Morgan fingerprint density at radius 1 is 1.17 bits per heavy atom. The zero-order chi connectivity index (χ0) is 20.5. The number of urea groups is 1. The van der Waals surface area contributed by atoms with Crippen LogP contribution in [0.15, 0.2) is 35.7 Å². The number of ether oxygens (including phenoxy) is 2. The molecule has 8 nitrogen and oxygen atoms in total. The van der Waals surface area contributed by atoms with Gasteiger partial charge < -0.3 is 19.7 Å². The van der Waals surface area contributed by atoms with Crippen LogP contribution < -0.4 is 19.7 Å². The second kappa shape index (κ2) is 7.75. The molecule has 2 fully saturated rings. The summed E-state index contributed by atoms with van der Waals surface area (Å²) in [5.41, 5.74) is 0.407. The molecule has 0 aliphatic carbocycles. The molecule has 29 heavy (non-hydrogen) atoms. The number of hydrogen-bond donors (Lipinski definition) is 1. The zero-order valence-corrected chi connectivity index (χ0v) is 16.9. The van der Waals surface area contributed by atoms with Gasteiger partial charge in [-0.05, 0) is 24.3 Å². The molecule has 2 saturated heterocycles. The lowest BCUT2D eigenvalue weighted by molar-refractivity contribution is -0.120. The molecule has 0 unspecified atom stereocenters. The smallest absolute Gasteiger partial charge is 0.332 e. The van der Waals surface area contributed by atoms with Gasteiger partial charge in [0.1, 0.15) is 17.5 Å². The number of fused-ring (bicyclic) bond motifs is 1. The maximum Gasteiger partial charge on any atom is 0.332 e. The third-order valence-electron chi connectivity index (χ3n) is 5.22. The number of carbonyl (C=O) groups excluding carboxylic acids is 3. The van der Waals surface area contributed by atoms with E-state index in [-0.39, 0.29) is 23.9 Å². The van der Waals surface area contributed by atoms with E-state index in [1.165, 1.54) is 30.5 Å². The van der Waals surface area contributed by atoms with Crippen molar-refractivity contribution in [2.45, 2.75) is 24.9 Å². The van der Waals surface area contributed by atoms with Crippen molar-refractivity contribution >= 4 is 34.9 Å². The summed E-state index contributed by atoms with van der Waals surface area (Å²) in [6, 6.07) is 7.40. The van der Waals surface area contributed by atoms with Crippen molar-refractivity contribution in [2.24, 2.45) is 0 Å². The second-order valence-corrected chi connectivity index (χ2v) is 7.86. The first-order valence-corrected chi connectivity index (χ1v) is 10.1. The third kappa shape index (κ3) is 3.53. The number of imide groups is 1. The van der Waals surface area contributed by atoms with Crippen molar-refractivity contribution < 1.29 is 23.9 Å². The maximum atomic E-state index is 13.1. The number of piperidine rings is 1. The van der Waals surface area contributed by atoms with Crippen LogP contribution in [-0.2, 0) is 4.79 Å². The molecule has 0 radical (unpaired) electrons. The van der Waals surface area contributed by atoms with Crippen molar-refractivity contribution in [1.82, 2.24) is 10.2 Å². The van der Waals surface area contributed by atoms with Crippen molar-refractivity contribution in [3.05, 3.63) is 40.6 Å². The predicted molar refractivity (Wildman–Crippen MR) is 108 cm³/mol. The van der Waals surface area contributed by atoms with E-state index in [1.807, 2.05) is 11.4 Å². The van der Waals surface area contributed by atoms with Gasteiger partial charge in [-0.15, -0.1) is 11.3 Å². The van der Waals surface area contributed by atoms with Gasteiger partial charge in [-0.2, -0.15) is 0 Å². The molecule has 2 aromatic rings. The van der Waals surface area contributed by atoms with Crippen LogP contribution in [0.4, 0.5) is 10.5 Å². The Bertz CT molecular complexity index is 923. The lowest BCUT2D eigenvalue weighted by Gasteiger charge is -2.32. The SMILES string of the molecule is COc1cc(OC)cc(N2C(=O)[C@H]3C[C@@H](NC(=O)c4cccs4)CCN3C2=O)c1. The molecule has 1 aromatic carbocycles. The standard InChI is InChI=1S/C20H21N3O5S/c1-27-14-9-13(10-15(11-14)28-2)23-19(25)16-8-12(5-6-22(16)20(23)26)21-18(24)17-4-3-7-29-17/h3-4,7,9-12,16H,5-6,8H2,1-2H3,(H,21,24)/t12-,16+/m0/s1. The molecule has 2 atom stereocenters. The first-order chi connectivity index (χ1) is 14.0. The summed E-state index contributed by atoms with van der Waals surface area (Å²) in [5, 5.41) is 4.83.